The molecule has 1 unspecified atom stereocenters. The van der Waals surface area contributed by atoms with Gasteiger partial charge in [-0.2, -0.15) is 0 Å². The van der Waals surface area contributed by atoms with E-state index in [-0.39, 0.29) is 11.9 Å². The summed E-state index contributed by atoms with van der Waals surface area (Å²) in [5.74, 6) is 1.52. The van der Waals surface area contributed by atoms with Gasteiger partial charge in [0, 0.05) is 12.6 Å². The highest BCUT2D eigenvalue weighted by Crippen LogP contribution is 2.20. The van der Waals surface area contributed by atoms with Gasteiger partial charge in [-0.15, -0.1) is 0 Å². The Morgan fingerprint density at radius 1 is 1.26 bits per heavy atom. The number of hydrogen-bond acceptors (Lipinski definition) is 4. The molecule has 0 spiro atoms. The van der Waals surface area contributed by atoms with Crippen LogP contribution in [0.5, 0.6) is 5.75 Å². The van der Waals surface area contributed by atoms with E-state index in [1.807, 2.05) is 40.0 Å². The van der Waals surface area contributed by atoms with E-state index in [9.17, 15) is 4.79 Å². The maximum atomic E-state index is 12.0. The molecular weight excluding hydrogens is 292 g/mol. The first-order chi connectivity index (χ1) is 11.0. The van der Waals surface area contributed by atoms with Crippen LogP contribution in [-0.2, 0) is 6.61 Å². The molecule has 1 aromatic heterocycles. The van der Waals surface area contributed by atoms with Gasteiger partial charge in [-0.25, -0.2) is 0 Å². The zero-order valence-corrected chi connectivity index (χ0v) is 14.1. The van der Waals surface area contributed by atoms with Gasteiger partial charge in [0.25, 0.3) is 5.91 Å². The molecule has 1 atom stereocenters. The standard InChI is InChI=1S/C18H24N2O3/c1-12-5-7-16(13(2)9-12)22-11-15-6-8-17(23-15)18(21)20-10-14(3)19-4/h5-9,14,19H,10-11H2,1-4H3,(H,20,21). The Balaban J connectivity index is 1.90. The number of carbonyl (C=O) groups excluding carboxylic acids is 1. The van der Waals surface area contributed by atoms with Gasteiger partial charge in [0.1, 0.15) is 18.1 Å². The number of aryl methyl sites for hydroxylation is 2. The highest BCUT2D eigenvalue weighted by molar-refractivity contribution is 5.91. The monoisotopic (exact) mass is 316 g/mol. The summed E-state index contributed by atoms with van der Waals surface area (Å²) >= 11 is 0. The minimum Gasteiger partial charge on any atom is -0.485 e. The lowest BCUT2D eigenvalue weighted by Crippen LogP contribution is -2.37. The highest BCUT2D eigenvalue weighted by atomic mass is 16.5. The Labute approximate surface area is 137 Å². The molecule has 124 valence electrons. The van der Waals surface area contributed by atoms with Crippen molar-refractivity contribution in [2.75, 3.05) is 13.6 Å². The number of nitrogens with one attached hydrogen (secondary N) is 2. The van der Waals surface area contributed by atoms with Gasteiger partial charge in [0.05, 0.1) is 0 Å². The van der Waals surface area contributed by atoms with Crippen LogP contribution in [0.2, 0.25) is 0 Å². The van der Waals surface area contributed by atoms with E-state index in [0.717, 1.165) is 11.3 Å². The molecule has 0 saturated carbocycles. The van der Waals surface area contributed by atoms with Crippen molar-refractivity contribution < 1.29 is 13.9 Å². The van der Waals surface area contributed by atoms with E-state index in [2.05, 4.69) is 16.7 Å². The molecule has 0 fully saturated rings. The number of furan rings is 1. The zero-order valence-electron chi connectivity index (χ0n) is 14.1. The predicted octanol–water partition coefficient (Wildman–Crippen LogP) is 2.81. The lowest BCUT2D eigenvalue weighted by molar-refractivity contribution is 0.0918. The van der Waals surface area contributed by atoms with Crippen LogP contribution in [0.4, 0.5) is 0 Å². The summed E-state index contributed by atoms with van der Waals surface area (Å²) < 4.78 is 11.3. The zero-order chi connectivity index (χ0) is 16.8. The molecule has 2 rings (SSSR count). The number of ether oxygens (including phenoxy) is 1. The third kappa shape index (κ3) is 4.86. The lowest BCUT2D eigenvalue weighted by atomic mass is 10.1. The second-order valence-corrected chi connectivity index (χ2v) is 5.72. The molecule has 5 heteroatoms. The van der Waals surface area contributed by atoms with Gasteiger partial charge in [-0.1, -0.05) is 17.7 Å². The molecule has 2 aromatic rings. The Bertz CT molecular complexity index is 664. The van der Waals surface area contributed by atoms with Crippen molar-refractivity contribution in [1.29, 1.82) is 0 Å². The molecule has 0 aliphatic rings. The lowest BCUT2D eigenvalue weighted by Gasteiger charge is -2.10. The third-order valence-electron chi connectivity index (χ3n) is 3.65. The molecule has 0 saturated heterocycles. The average molecular weight is 316 g/mol. The number of amides is 1. The molecule has 1 amide bonds. The molecule has 0 aliphatic heterocycles. The van der Waals surface area contributed by atoms with Gasteiger partial charge in [0.15, 0.2) is 5.76 Å². The molecule has 2 N–H and O–H groups in total. The van der Waals surface area contributed by atoms with Crippen LogP contribution in [0.15, 0.2) is 34.7 Å². The molecule has 1 aromatic carbocycles. The van der Waals surface area contributed by atoms with Gasteiger partial charge in [-0.05, 0) is 51.6 Å². The molecule has 0 radical (unpaired) electrons. The van der Waals surface area contributed by atoms with Crippen molar-refractivity contribution in [2.24, 2.45) is 0 Å². The second kappa shape index (κ2) is 7.83. The highest BCUT2D eigenvalue weighted by Gasteiger charge is 2.12. The van der Waals surface area contributed by atoms with Crippen LogP contribution in [0.25, 0.3) is 0 Å². The van der Waals surface area contributed by atoms with E-state index in [1.165, 1.54) is 5.56 Å². The fraction of sp³-hybridized carbons (Fsp3) is 0.389. The number of rotatable bonds is 7. The minimum atomic E-state index is -0.218. The van der Waals surface area contributed by atoms with Crippen LogP contribution in [0.3, 0.4) is 0 Å². The molecular formula is C18H24N2O3. The minimum absolute atomic E-state index is 0.209. The van der Waals surface area contributed by atoms with Gasteiger partial charge in [-0.3, -0.25) is 4.79 Å². The van der Waals surface area contributed by atoms with E-state index in [1.54, 1.807) is 12.1 Å². The third-order valence-corrected chi connectivity index (χ3v) is 3.65. The predicted molar refractivity (Wildman–Crippen MR) is 89.8 cm³/mol. The summed E-state index contributed by atoms with van der Waals surface area (Å²) in [7, 11) is 1.85. The first-order valence-electron chi connectivity index (χ1n) is 7.74. The van der Waals surface area contributed by atoms with E-state index in [0.29, 0.717) is 24.7 Å². The molecule has 23 heavy (non-hydrogen) atoms. The summed E-state index contributed by atoms with van der Waals surface area (Å²) in [6.45, 7) is 6.88. The van der Waals surface area contributed by atoms with E-state index in [4.69, 9.17) is 9.15 Å². The summed E-state index contributed by atoms with van der Waals surface area (Å²) in [5.41, 5.74) is 2.28. The Kier molecular flexibility index (Phi) is 5.82. The van der Waals surface area contributed by atoms with Crippen molar-refractivity contribution in [3.8, 4) is 5.75 Å². The van der Waals surface area contributed by atoms with Gasteiger partial charge < -0.3 is 19.8 Å². The second-order valence-electron chi connectivity index (χ2n) is 5.72. The quantitative estimate of drug-likeness (QED) is 0.824. The number of hydrogen-bond donors (Lipinski definition) is 2. The van der Waals surface area contributed by atoms with Crippen LogP contribution in [0.1, 0.15) is 34.4 Å². The maximum Gasteiger partial charge on any atom is 0.287 e. The topological polar surface area (TPSA) is 63.5 Å². The van der Waals surface area contributed by atoms with Crippen molar-refractivity contribution in [2.45, 2.75) is 33.4 Å². The number of carbonyl (C=O) groups is 1. The first-order valence-corrected chi connectivity index (χ1v) is 7.74. The van der Waals surface area contributed by atoms with Crippen molar-refractivity contribution in [3.63, 3.8) is 0 Å². The molecule has 0 bridgehead atoms. The molecule has 1 heterocycles. The fourth-order valence-corrected chi connectivity index (χ4v) is 2.12. The molecule has 0 aliphatic carbocycles. The van der Waals surface area contributed by atoms with E-state index >= 15 is 0 Å². The maximum absolute atomic E-state index is 12.0. The van der Waals surface area contributed by atoms with Crippen LogP contribution >= 0.6 is 0 Å². The molecule has 5 nitrogen and oxygen atoms in total. The van der Waals surface area contributed by atoms with Crippen LogP contribution in [-0.4, -0.2) is 25.5 Å². The van der Waals surface area contributed by atoms with Crippen molar-refractivity contribution in [3.05, 3.63) is 53.0 Å². The van der Waals surface area contributed by atoms with Crippen LogP contribution < -0.4 is 15.4 Å². The smallest absolute Gasteiger partial charge is 0.287 e. The normalized spacial score (nSPS) is 12.0. The van der Waals surface area contributed by atoms with Gasteiger partial charge in [0.2, 0.25) is 0 Å². The summed E-state index contributed by atoms with van der Waals surface area (Å²) in [5, 5.41) is 5.88. The summed E-state index contributed by atoms with van der Waals surface area (Å²) in [4.78, 5) is 12.0. The SMILES string of the molecule is CNC(C)CNC(=O)c1ccc(COc2ccc(C)cc2C)o1. The number of benzene rings is 1. The van der Waals surface area contributed by atoms with Crippen molar-refractivity contribution >= 4 is 5.91 Å². The Morgan fingerprint density at radius 2 is 2.04 bits per heavy atom. The Hall–Kier alpha value is -2.27. The number of likely N-dealkylation sites (N-methyl/N-ethyl adjacent to an activating group) is 1. The van der Waals surface area contributed by atoms with E-state index < -0.39 is 0 Å². The van der Waals surface area contributed by atoms with Gasteiger partial charge >= 0.3 is 0 Å². The fourth-order valence-electron chi connectivity index (χ4n) is 2.12. The Morgan fingerprint density at radius 3 is 2.74 bits per heavy atom. The summed E-state index contributed by atoms with van der Waals surface area (Å²) in [6.07, 6.45) is 0. The first kappa shape index (κ1) is 17.1. The average Bonchev–Trinajstić information content (AvgIpc) is 3.00. The largest absolute Gasteiger partial charge is 0.485 e. The summed E-state index contributed by atoms with van der Waals surface area (Å²) in [6, 6.07) is 9.66. The van der Waals surface area contributed by atoms with Crippen molar-refractivity contribution in [1.82, 2.24) is 10.6 Å². The van der Waals surface area contributed by atoms with Crippen LogP contribution in [0, 0.1) is 13.8 Å².